The topological polar surface area (TPSA) is 99.6 Å². The maximum atomic E-state index is 13.5. The standard InChI is InChI=1S/C25H30F2N8O.ClH/c1-17-18(4-3-5-32-6-8-33(9-7-32)21-11-19(26)10-20(27)12-21)14-29-35(17)23-13-22(30-24(28)31-23)34-15-25(2,36)16-34;/h3-4,10-14,36H,5-9,15-16H2,1-2H3,(H2,28,30,31);1H. The lowest BCUT2D eigenvalue weighted by molar-refractivity contribution is 0.0305. The number of hydrogen-bond acceptors (Lipinski definition) is 8. The van der Waals surface area contributed by atoms with Crippen LogP contribution in [0.2, 0.25) is 0 Å². The van der Waals surface area contributed by atoms with Crippen molar-refractivity contribution in [3.8, 4) is 5.82 Å². The Morgan fingerprint density at radius 3 is 2.30 bits per heavy atom. The van der Waals surface area contributed by atoms with Gasteiger partial charge in [-0.25, -0.2) is 13.5 Å². The molecule has 2 saturated heterocycles. The Kier molecular flexibility index (Phi) is 7.67. The summed E-state index contributed by atoms with van der Waals surface area (Å²) in [6, 6.07) is 5.47. The van der Waals surface area contributed by atoms with Gasteiger partial charge in [-0.3, -0.25) is 4.90 Å². The number of hydrogen-bond donors (Lipinski definition) is 2. The zero-order chi connectivity index (χ0) is 25.4. The van der Waals surface area contributed by atoms with Crippen LogP contribution in [0, 0.1) is 18.6 Å². The van der Waals surface area contributed by atoms with Gasteiger partial charge < -0.3 is 20.6 Å². The number of nitrogens with two attached hydrogens (primary N) is 1. The Labute approximate surface area is 220 Å². The molecule has 2 aromatic heterocycles. The molecule has 0 radical (unpaired) electrons. The second-order valence-electron chi connectivity index (χ2n) is 9.71. The highest BCUT2D eigenvalue weighted by molar-refractivity contribution is 5.85. The van der Waals surface area contributed by atoms with Crippen LogP contribution in [-0.2, 0) is 0 Å². The Bertz CT molecular complexity index is 1260. The van der Waals surface area contributed by atoms with Crippen LogP contribution in [0.1, 0.15) is 18.2 Å². The van der Waals surface area contributed by atoms with Crippen molar-refractivity contribution in [3.63, 3.8) is 0 Å². The number of aliphatic hydroxyl groups is 1. The van der Waals surface area contributed by atoms with E-state index < -0.39 is 17.2 Å². The number of halogens is 3. The summed E-state index contributed by atoms with van der Waals surface area (Å²) in [5.41, 5.74) is 7.70. The van der Waals surface area contributed by atoms with E-state index in [1.54, 1.807) is 17.8 Å². The van der Waals surface area contributed by atoms with Gasteiger partial charge in [-0.2, -0.15) is 15.1 Å². The smallest absolute Gasteiger partial charge is 0.224 e. The van der Waals surface area contributed by atoms with E-state index in [0.29, 0.717) is 43.5 Å². The van der Waals surface area contributed by atoms with Gasteiger partial charge in [-0.15, -0.1) is 12.4 Å². The monoisotopic (exact) mass is 532 g/mol. The van der Waals surface area contributed by atoms with Crippen LogP contribution in [0.25, 0.3) is 11.9 Å². The predicted molar refractivity (Wildman–Crippen MR) is 142 cm³/mol. The van der Waals surface area contributed by atoms with E-state index in [9.17, 15) is 13.9 Å². The number of nitrogens with zero attached hydrogens (tertiary/aromatic N) is 7. The van der Waals surface area contributed by atoms with E-state index >= 15 is 0 Å². The fourth-order valence-electron chi connectivity index (χ4n) is 4.70. The highest BCUT2D eigenvalue weighted by Crippen LogP contribution is 2.28. The molecule has 2 aliphatic rings. The van der Waals surface area contributed by atoms with Crippen molar-refractivity contribution in [2.24, 2.45) is 0 Å². The number of β-amino-alcohol motifs (C(OH)–C–C–N with tert-alkyl or cyclic N) is 1. The molecule has 2 fully saturated rings. The molecule has 0 amide bonds. The van der Waals surface area contributed by atoms with Crippen LogP contribution in [0.3, 0.4) is 0 Å². The summed E-state index contributed by atoms with van der Waals surface area (Å²) in [5.74, 6) is 0.282. The first-order chi connectivity index (χ1) is 17.2. The Balaban J connectivity index is 0.00000320. The number of rotatable bonds is 6. The van der Waals surface area contributed by atoms with Gasteiger partial charge in [0.25, 0.3) is 0 Å². The van der Waals surface area contributed by atoms with Crippen molar-refractivity contribution in [3.05, 3.63) is 59.4 Å². The molecule has 5 rings (SSSR count). The van der Waals surface area contributed by atoms with Crippen molar-refractivity contribution in [1.82, 2.24) is 24.6 Å². The zero-order valence-electron chi connectivity index (χ0n) is 20.8. The number of anilines is 3. The minimum atomic E-state index is -0.719. The van der Waals surface area contributed by atoms with Crippen molar-refractivity contribution >= 4 is 35.9 Å². The van der Waals surface area contributed by atoms with E-state index in [-0.39, 0.29) is 18.4 Å². The number of aromatic nitrogens is 4. The zero-order valence-corrected chi connectivity index (χ0v) is 21.6. The molecule has 37 heavy (non-hydrogen) atoms. The molecule has 1 aromatic carbocycles. The lowest BCUT2D eigenvalue weighted by Crippen LogP contribution is -2.60. The largest absolute Gasteiger partial charge is 0.386 e. The lowest BCUT2D eigenvalue weighted by Gasteiger charge is -2.44. The molecule has 9 nitrogen and oxygen atoms in total. The summed E-state index contributed by atoms with van der Waals surface area (Å²) in [6.07, 6.45) is 5.91. The van der Waals surface area contributed by atoms with Crippen molar-refractivity contribution in [1.29, 1.82) is 0 Å². The third-order valence-corrected chi connectivity index (χ3v) is 6.61. The molecule has 198 valence electrons. The average Bonchev–Trinajstić information content (AvgIpc) is 3.17. The maximum Gasteiger partial charge on any atom is 0.224 e. The molecule has 0 spiro atoms. The van der Waals surface area contributed by atoms with Gasteiger partial charge in [0.1, 0.15) is 17.5 Å². The van der Waals surface area contributed by atoms with Crippen LogP contribution in [0.4, 0.5) is 26.2 Å². The maximum absolute atomic E-state index is 13.5. The number of nitrogen functional groups attached to an aromatic ring is 1. The summed E-state index contributed by atoms with van der Waals surface area (Å²) in [5, 5.41) is 14.5. The third kappa shape index (κ3) is 6.00. The van der Waals surface area contributed by atoms with E-state index in [4.69, 9.17) is 5.73 Å². The van der Waals surface area contributed by atoms with Gasteiger partial charge in [-0.1, -0.05) is 12.2 Å². The fraction of sp³-hybridized carbons (Fsp3) is 0.400. The Morgan fingerprint density at radius 2 is 1.65 bits per heavy atom. The van der Waals surface area contributed by atoms with Gasteiger partial charge in [0.15, 0.2) is 5.82 Å². The predicted octanol–water partition coefficient (Wildman–Crippen LogP) is 2.66. The van der Waals surface area contributed by atoms with E-state index in [2.05, 4.69) is 26.0 Å². The summed E-state index contributed by atoms with van der Waals surface area (Å²) >= 11 is 0. The van der Waals surface area contributed by atoms with E-state index in [1.165, 1.54) is 12.1 Å². The van der Waals surface area contributed by atoms with Gasteiger partial charge in [-0.05, 0) is 26.0 Å². The van der Waals surface area contributed by atoms with Gasteiger partial charge >= 0.3 is 0 Å². The molecule has 12 heteroatoms. The SMILES string of the molecule is Cc1c(C=CCN2CCN(c3cc(F)cc(F)c3)CC2)cnn1-c1cc(N2CC(C)(O)C2)nc(N)n1.Cl. The molecule has 0 bridgehead atoms. The lowest BCUT2D eigenvalue weighted by atomic mass is 9.97. The van der Waals surface area contributed by atoms with Gasteiger partial charge in [0.05, 0.1) is 17.5 Å². The molecule has 0 saturated carbocycles. The van der Waals surface area contributed by atoms with Gasteiger partial charge in [0, 0.05) is 69.2 Å². The van der Waals surface area contributed by atoms with Gasteiger partial charge in [0.2, 0.25) is 5.95 Å². The van der Waals surface area contributed by atoms with Crippen molar-refractivity contribution in [2.75, 3.05) is 61.3 Å². The number of benzene rings is 1. The first-order valence-corrected chi connectivity index (χ1v) is 11.9. The highest BCUT2D eigenvalue weighted by Gasteiger charge is 2.37. The molecular weight excluding hydrogens is 502 g/mol. The van der Waals surface area contributed by atoms with E-state index in [0.717, 1.165) is 37.0 Å². The van der Waals surface area contributed by atoms with Crippen molar-refractivity contribution < 1.29 is 13.9 Å². The van der Waals surface area contributed by atoms with Crippen LogP contribution in [0.15, 0.2) is 36.5 Å². The summed E-state index contributed by atoms with van der Waals surface area (Å²) in [4.78, 5) is 14.9. The molecule has 4 heterocycles. The first-order valence-electron chi connectivity index (χ1n) is 11.9. The second kappa shape index (κ2) is 10.6. The normalized spacial score (nSPS) is 17.6. The fourth-order valence-corrected chi connectivity index (χ4v) is 4.70. The Hall–Kier alpha value is -3.28. The average molecular weight is 533 g/mol. The molecule has 3 aromatic rings. The Morgan fingerprint density at radius 1 is 1.00 bits per heavy atom. The molecule has 3 N–H and O–H groups in total. The van der Waals surface area contributed by atoms with Crippen LogP contribution in [0.5, 0.6) is 0 Å². The van der Waals surface area contributed by atoms with Crippen LogP contribution >= 0.6 is 12.4 Å². The summed E-state index contributed by atoms with van der Waals surface area (Å²) < 4.78 is 28.8. The van der Waals surface area contributed by atoms with Crippen LogP contribution < -0.4 is 15.5 Å². The molecule has 0 unspecified atom stereocenters. The first kappa shape index (κ1) is 26.8. The molecule has 0 atom stereocenters. The summed E-state index contributed by atoms with van der Waals surface area (Å²) in [7, 11) is 0. The van der Waals surface area contributed by atoms with Crippen LogP contribution in [-0.4, -0.2) is 81.2 Å². The molecule has 2 aliphatic heterocycles. The minimum Gasteiger partial charge on any atom is -0.386 e. The number of piperazine rings is 1. The molecule has 0 aliphatic carbocycles. The third-order valence-electron chi connectivity index (χ3n) is 6.61. The van der Waals surface area contributed by atoms with Crippen molar-refractivity contribution in [2.45, 2.75) is 19.4 Å². The quantitative estimate of drug-likeness (QED) is 0.500. The highest BCUT2D eigenvalue weighted by atomic mass is 35.5. The minimum absolute atomic E-state index is 0. The summed E-state index contributed by atoms with van der Waals surface area (Å²) in [6.45, 7) is 8.50. The van der Waals surface area contributed by atoms with E-state index in [1.807, 2.05) is 28.9 Å². The second-order valence-corrected chi connectivity index (χ2v) is 9.71. The molecular formula is C25H31ClF2N8O.